The van der Waals surface area contributed by atoms with E-state index in [9.17, 15) is 19.2 Å². The summed E-state index contributed by atoms with van der Waals surface area (Å²) in [5, 5.41) is 23.5. The van der Waals surface area contributed by atoms with Gasteiger partial charge >= 0.3 is 12.2 Å². The van der Waals surface area contributed by atoms with E-state index in [-0.39, 0.29) is 41.1 Å². The molecule has 290 valence electrons. The molecule has 7 N–H and O–H groups in total. The lowest BCUT2D eigenvalue weighted by atomic mass is 9.96. The molecular formula is C42H56N6O6. The second-order valence-corrected chi connectivity index (χ2v) is 14.4. The second-order valence-electron chi connectivity index (χ2n) is 14.4. The maximum absolute atomic E-state index is 12.7. The van der Waals surface area contributed by atoms with Crippen molar-refractivity contribution in [1.29, 1.82) is 10.8 Å². The van der Waals surface area contributed by atoms with Crippen LogP contribution in [0.25, 0.3) is 0 Å². The summed E-state index contributed by atoms with van der Waals surface area (Å²) in [6.07, 6.45) is 2.27. The third-order valence-electron chi connectivity index (χ3n) is 8.85. The minimum absolute atomic E-state index is 0.00709. The number of Topliss-reactive ketones (excluding diaryl/α,β-unsaturated/α-hetero) is 1. The summed E-state index contributed by atoms with van der Waals surface area (Å²) >= 11 is 0. The van der Waals surface area contributed by atoms with E-state index in [2.05, 4.69) is 28.1 Å². The zero-order valence-corrected chi connectivity index (χ0v) is 32.1. The van der Waals surface area contributed by atoms with Gasteiger partial charge in [-0.3, -0.25) is 31.0 Å². The molecule has 0 aliphatic heterocycles. The average molecular weight is 741 g/mol. The number of carbonyl (C=O) groups excluding carboxylic acids is 4. The fourth-order valence-electron chi connectivity index (χ4n) is 5.69. The van der Waals surface area contributed by atoms with Crippen LogP contribution < -0.4 is 21.7 Å². The zero-order chi connectivity index (χ0) is 39.6. The van der Waals surface area contributed by atoms with Gasteiger partial charge < -0.3 is 20.5 Å². The van der Waals surface area contributed by atoms with Gasteiger partial charge in [-0.15, -0.1) is 0 Å². The third kappa shape index (κ3) is 14.9. The van der Waals surface area contributed by atoms with Crippen molar-refractivity contribution in [3.8, 4) is 0 Å². The van der Waals surface area contributed by atoms with Crippen LogP contribution >= 0.6 is 0 Å². The second kappa shape index (κ2) is 22.0. The Labute approximate surface area is 319 Å². The summed E-state index contributed by atoms with van der Waals surface area (Å²) in [5.41, 5.74) is 9.86. The summed E-state index contributed by atoms with van der Waals surface area (Å²) in [4.78, 5) is 48.5. The van der Waals surface area contributed by atoms with Crippen molar-refractivity contribution in [2.24, 2.45) is 23.5 Å². The number of amidine groups is 2. The molecule has 0 aromatic heterocycles. The molecule has 1 aliphatic carbocycles. The van der Waals surface area contributed by atoms with Gasteiger partial charge in [0.25, 0.3) is 0 Å². The van der Waals surface area contributed by atoms with Crippen molar-refractivity contribution < 1.29 is 28.7 Å². The first-order valence-corrected chi connectivity index (χ1v) is 18.6. The van der Waals surface area contributed by atoms with Gasteiger partial charge in [0.2, 0.25) is 5.91 Å². The van der Waals surface area contributed by atoms with Crippen molar-refractivity contribution in [2.75, 3.05) is 13.2 Å². The smallest absolute Gasteiger partial charge is 0.412 e. The zero-order valence-electron chi connectivity index (χ0n) is 32.1. The Bertz CT molecular complexity index is 1690. The molecule has 3 amide bonds. The van der Waals surface area contributed by atoms with E-state index in [1.807, 2.05) is 70.2 Å². The largest absolute Gasteiger partial charge is 0.449 e. The van der Waals surface area contributed by atoms with E-state index in [0.717, 1.165) is 30.4 Å². The Morgan fingerprint density at radius 3 is 1.70 bits per heavy atom. The summed E-state index contributed by atoms with van der Waals surface area (Å²) in [5.74, 6) is 0.787. The maximum Gasteiger partial charge on any atom is 0.412 e. The lowest BCUT2D eigenvalue weighted by Crippen LogP contribution is -2.41. The Morgan fingerprint density at radius 1 is 0.722 bits per heavy atom. The van der Waals surface area contributed by atoms with Gasteiger partial charge in [0.1, 0.15) is 11.7 Å². The molecule has 0 radical (unpaired) electrons. The van der Waals surface area contributed by atoms with Gasteiger partial charge in [-0.2, -0.15) is 0 Å². The molecule has 12 heteroatoms. The molecule has 0 bridgehead atoms. The van der Waals surface area contributed by atoms with Crippen molar-refractivity contribution >= 4 is 35.5 Å². The molecule has 3 aromatic carbocycles. The number of nitrogens with one attached hydrogen (secondary N) is 5. The van der Waals surface area contributed by atoms with Crippen molar-refractivity contribution in [2.45, 2.75) is 85.2 Å². The van der Waals surface area contributed by atoms with Crippen LogP contribution in [0.4, 0.5) is 9.59 Å². The lowest BCUT2D eigenvalue weighted by molar-refractivity contribution is -0.129. The molecule has 0 heterocycles. The fourth-order valence-corrected chi connectivity index (χ4v) is 5.69. The number of carbonyl (C=O) groups is 4. The van der Waals surface area contributed by atoms with Gasteiger partial charge in [-0.05, 0) is 67.1 Å². The molecule has 0 saturated heterocycles. The number of nitrogens with two attached hydrogens (primary N) is 1. The van der Waals surface area contributed by atoms with Gasteiger partial charge in [0.15, 0.2) is 5.78 Å². The summed E-state index contributed by atoms with van der Waals surface area (Å²) in [6, 6.07) is 24.0. The molecule has 1 fully saturated rings. The maximum atomic E-state index is 12.7. The minimum Gasteiger partial charge on any atom is -0.449 e. The number of benzene rings is 3. The highest BCUT2D eigenvalue weighted by atomic mass is 16.6. The molecule has 3 aromatic rings. The topological polar surface area (TPSA) is 197 Å². The fraction of sp³-hybridized carbons (Fsp3) is 0.429. The van der Waals surface area contributed by atoms with E-state index in [1.165, 1.54) is 5.56 Å². The van der Waals surface area contributed by atoms with Gasteiger partial charge in [0, 0.05) is 30.0 Å². The normalized spacial score (nSPS) is 15.3. The molecule has 0 spiro atoms. The van der Waals surface area contributed by atoms with Crippen LogP contribution in [0.3, 0.4) is 0 Å². The Hall–Kier alpha value is -5.36. The SMILES string of the molecule is CC(C)COC(=O)NC(=N)c1ccc(CCC(=O)[C@H](C)NC(=O)[C@@H]2CC[C@@H](c3ccccc3)C2)cc1.CC(C)COC(=O)NC(=N)c1ccc(CN)cc1. The van der Waals surface area contributed by atoms with Gasteiger partial charge in [-0.1, -0.05) is 107 Å². The monoisotopic (exact) mass is 740 g/mol. The predicted molar refractivity (Wildman–Crippen MR) is 211 cm³/mol. The highest BCUT2D eigenvalue weighted by molar-refractivity contribution is 6.05. The van der Waals surface area contributed by atoms with Crippen LogP contribution in [0.1, 0.15) is 94.0 Å². The predicted octanol–water partition coefficient (Wildman–Crippen LogP) is 6.84. The highest BCUT2D eigenvalue weighted by Crippen LogP contribution is 2.38. The number of hydrogen-bond acceptors (Lipinski definition) is 9. The number of amides is 3. The average Bonchev–Trinajstić information content (AvgIpc) is 3.67. The van der Waals surface area contributed by atoms with Crippen molar-refractivity contribution in [3.05, 3.63) is 107 Å². The molecule has 4 rings (SSSR count). The summed E-state index contributed by atoms with van der Waals surface area (Å²) in [7, 11) is 0. The van der Waals surface area contributed by atoms with Crippen LogP contribution in [-0.2, 0) is 32.0 Å². The molecule has 54 heavy (non-hydrogen) atoms. The van der Waals surface area contributed by atoms with Crippen molar-refractivity contribution in [1.82, 2.24) is 16.0 Å². The van der Waals surface area contributed by atoms with E-state index in [0.29, 0.717) is 49.6 Å². The van der Waals surface area contributed by atoms with Gasteiger partial charge in [0.05, 0.1) is 19.3 Å². The van der Waals surface area contributed by atoms with E-state index < -0.39 is 18.2 Å². The van der Waals surface area contributed by atoms with Crippen LogP contribution in [0.15, 0.2) is 78.9 Å². The quantitative estimate of drug-likeness (QED) is 0.0769. The van der Waals surface area contributed by atoms with Crippen LogP contribution in [-0.4, -0.2) is 54.8 Å². The molecule has 3 atom stereocenters. The highest BCUT2D eigenvalue weighted by Gasteiger charge is 2.31. The first-order chi connectivity index (χ1) is 25.7. The first-order valence-electron chi connectivity index (χ1n) is 18.6. The Balaban J connectivity index is 0.000000366. The number of hydrogen-bond donors (Lipinski definition) is 6. The Morgan fingerprint density at radius 2 is 1.22 bits per heavy atom. The molecule has 1 saturated carbocycles. The number of ketones is 1. The number of ether oxygens (including phenoxy) is 2. The summed E-state index contributed by atoms with van der Waals surface area (Å²) < 4.78 is 9.96. The Kier molecular flexibility index (Phi) is 17.5. The molecular weight excluding hydrogens is 684 g/mol. The van der Waals surface area contributed by atoms with E-state index in [4.69, 9.17) is 26.0 Å². The van der Waals surface area contributed by atoms with Crippen LogP contribution in [0.2, 0.25) is 0 Å². The first kappa shape index (κ1) is 43.0. The minimum atomic E-state index is -0.646. The molecule has 1 aliphatic rings. The summed E-state index contributed by atoms with van der Waals surface area (Å²) in [6.45, 7) is 10.6. The lowest BCUT2D eigenvalue weighted by Gasteiger charge is -2.17. The number of alkyl carbamates (subject to hydrolysis) is 2. The number of aryl methyl sites for hydroxylation is 1. The number of rotatable bonds is 14. The molecule has 12 nitrogen and oxygen atoms in total. The standard InChI is InChI=1S/C29H37N3O4.C13H19N3O2/c1-19(2)18-36-29(35)32-27(30)23-12-9-21(10-13-23)11-16-26(33)20(3)31-28(34)25-15-14-24(17-25)22-7-5-4-6-8-22;1-9(2)8-18-13(17)16-12(15)11-5-3-10(7-14)4-6-11/h4-10,12-13,19-20,24-25H,11,14-18H2,1-3H3,(H,31,34)(H2,30,32,35);3-6,9H,7-8,14H2,1-2H3,(H2,15,16,17)/t20-,24+,25+;/m0./s1. The van der Waals surface area contributed by atoms with E-state index >= 15 is 0 Å². The molecule has 0 unspecified atom stereocenters. The third-order valence-corrected chi connectivity index (χ3v) is 8.85. The van der Waals surface area contributed by atoms with Crippen LogP contribution in [0, 0.1) is 28.6 Å². The van der Waals surface area contributed by atoms with E-state index in [1.54, 1.807) is 31.2 Å². The van der Waals surface area contributed by atoms with Crippen molar-refractivity contribution in [3.63, 3.8) is 0 Å². The van der Waals surface area contributed by atoms with Crippen LogP contribution in [0.5, 0.6) is 0 Å². The van der Waals surface area contributed by atoms with Gasteiger partial charge in [-0.25, -0.2) is 9.59 Å².